The van der Waals surface area contributed by atoms with E-state index in [9.17, 15) is 0 Å². The molecule has 0 spiro atoms. The van der Waals surface area contributed by atoms with Crippen LogP contribution in [-0.2, 0) is 17.1 Å². The molecule has 0 aromatic rings. The molecule has 21 heavy (non-hydrogen) atoms. The van der Waals surface area contributed by atoms with Crippen molar-refractivity contribution in [2.24, 2.45) is 0 Å². The second-order valence-electron chi connectivity index (χ2n) is 4.95. The second-order valence-corrected chi connectivity index (χ2v) is 12.4. The molecule has 0 atom stereocenters. The average Bonchev–Trinajstić information content (AvgIpc) is 2.51. The van der Waals surface area contributed by atoms with Gasteiger partial charge in [-0.3, -0.25) is 0 Å². The second kappa shape index (κ2) is 11.1. The van der Waals surface area contributed by atoms with Gasteiger partial charge in [-0.25, -0.2) is 0 Å². The van der Waals surface area contributed by atoms with E-state index in [0.29, 0.717) is 0 Å². The van der Waals surface area contributed by atoms with Crippen LogP contribution < -0.4 is 0 Å². The number of nitrogens with zero attached hydrogens (tertiary/aromatic N) is 4. The molecule has 0 bridgehead atoms. The van der Waals surface area contributed by atoms with Gasteiger partial charge in [-0.1, -0.05) is 0 Å². The molecular formula is C16H40MoN4. The van der Waals surface area contributed by atoms with Gasteiger partial charge in [-0.05, 0) is 0 Å². The Hall–Kier alpha value is 0.528. The summed E-state index contributed by atoms with van der Waals surface area (Å²) in [6.45, 7) is 27.9. The predicted octanol–water partition coefficient (Wildman–Crippen LogP) is 3.17. The zero-order chi connectivity index (χ0) is 16.5. The summed E-state index contributed by atoms with van der Waals surface area (Å²) in [6, 6.07) is 0. The summed E-state index contributed by atoms with van der Waals surface area (Å²) in [6.07, 6.45) is 0. The number of hydrogen-bond donors (Lipinski definition) is 0. The molecular weight excluding hydrogens is 344 g/mol. The third-order valence-corrected chi connectivity index (χ3v) is 16.1. The molecule has 0 heterocycles. The monoisotopic (exact) mass is 386 g/mol. The van der Waals surface area contributed by atoms with Crippen LogP contribution in [-0.4, -0.2) is 66.2 Å². The maximum atomic E-state index is 2.82. The minimum atomic E-state index is -2.67. The van der Waals surface area contributed by atoms with E-state index in [4.69, 9.17) is 0 Å². The fourth-order valence-electron chi connectivity index (χ4n) is 3.26. The van der Waals surface area contributed by atoms with Crippen molar-refractivity contribution in [3.05, 3.63) is 0 Å². The molecule has 0 aliphatic carbocycles. The predicted molar refractivity (Wildman–Crippen MR) is 91.7 cm³/mol. The Balaban J connectivity index is 6.15. The Morgan fingerprint density at radius 2 is 0.524 bits per heavy atom. The summed E-state index contributed by atoms with van der Waals surface area (Å²) >= 11 is -2.67. The molecule has 0 rings (SSSR count). The van der Waals surface area contributed by atoms with Crippen molar-refractivity contribution in [3.8, 4) is 0 Å². The van der Waals surface area contributed by atoms with E-state index in [2.05, 4.69) is 69.2 Å². The number of hydrogen-bond acceptors (Lipinski definition) is 4. The van der Waals surface area contributed by atoms with Crippen LogP contribution in [0.15, 0.2) is 0 Å². The Labute approximate surface area is 138 Å². The Kier molecular flexibility index (Phi) is 11.4. The summed E-state index contributed by atoms with van der Waals surface area (Å²) in [7, 11) is 0. The van der Waals surface area contributed by atoms with Crippen molar-refractivity contribution in [2.45, 2.75) is 55.4 Å². The van der Waals surface area contributed by atoms with Gasteiger partial charge in [0.2, 0.25) is 0 Å². The summed E-state index contributed by atoms with van der Waals surface area (Å²) in [5.41, 5.74) is 0. The Bertz CT molecular complexity index is 193. The van der Waals surface area contributed by atoms with Crippen LogP contribution in [0, 0.1) is 0 Å². The van der Waals surface area contributed by atoms with E-state index in [1.54, 1.807) is 0 Å². The van der Waals surface area contributed by atoms with Crippen molar-refractivity contribution in [2.75, 3.05) is 52.4 Å². The molecule has 130 valence electrons. The molecule has 0 unspecified atom stereocenters. The van der Waals surface area contributed by atoms with Gasteiger partial charge in [0, 0.05) is 0 Å². The van der Waals surface area contributed by atoms with Crippen molar-refractivity contribution in [1.82, 2.24) is 13.8 Å². The van der Waals surface area contributed by atoms with Gasteiger partial charge >= 0.3 is 139 Å². The van der Waals surface area contributed by atoms with Crippen molar-refractivity contribution >= 4 is 0 Å². The quantitative estimate of drug-likeness (QED) is 0.479. The Morgan fingerprint density at radius 1 is 0.381 bits per heavy atom. The van der Waals surface area contributed by atoms with Crippen LogP contribution in [0.25, 0.3) is 0 Å². The van der Waals surface area contributed by atoms with Crippen molar-refractivity contribution in [3.63, 3.8) is 0 Å². The molecule has 0 aromatic carbocycles. The zero-order valence-corrected chi connectivity index (χ0v) is 17.9. The molecule has 0 amide bonds. The topological polar surface area (TPSA) is 13.0 Å². The molecule has 0 N–H and O–H groups in total. The first-order valence-corrected chi connectivity index (χ1v) is 12.5. The van der Waals surface area contributed by atoms with Gasteiger partial charge in [-0.2, -0.15) is 0 Å². The van der Waals surface area contributed by atoms with E-state index in [0.717, 1.165) is 52.4 Å². The van der Waals surface area contributed by atoms with E-state index in [-0.39, 0.29) is 0 Å². The van der Waals surface area contributed by atoms with Gasteiger partial charge in [0.15, 0.2) is 0 Å². The van der Waals surface area contributed by atoms with Gasteiger partial charge in [0.1, 0.15) is 0 Å². The first-order valence-electron chi connectivity index (χ1n) is 8.92. The molecule has 0 fully saturated rings. The van der Waals surface area contributed by atoms with Crippen LogP contribution >= 0.6 is 0 Å². The van der Waals surface area contributed by atoms with Gasteiger partial charge < -0.3 is 0 Å². The minimum absolute atomic E-state index is 1.15. The molecule has 0 radical (unpaired) electrons. The molecule has 0 saturated carbocycles. The molecule has 0 saturated heterocycles. The van der Waals surface area contributed by atoms with Crippen LogP contribution in [0.2, 0.25) is 0 Å². The Morgan fingerprint density at radius 3 is 0.619 bits per heavy atom. The normalized spacial score (nSPS) is 13.9. The third kappa shape index (κ3) is 4.29. The summed E-state index contributed by atoms with van der Waals surface area (Å²) < 4.78 is 11.3. The van der Waals surface area contributed by atoms with Crippen LogP contribution in [0.1, 0.15) is 55.4 Å². The fourth-order valence-corrected chi connectivity index (χ4v) is 14.9. The first-order chi connectivity index (χ1) is 10.1. The van der Waals surface area contributed by atoms with Crippen molar-refractivity contribution in [1.29, 1.82) is 0 Å². The molecule has 0 aliphatic heterocycles. The third-order valence-electron chi connectivity index (χ3n) is 4.21. The molecule has 0 aliphatic rings. The average molecular weight is 384 g/mol. The van der Waals surface area contributed by atoms with E-state index in [1.807, 2.05) is 0 Å². The standard InChI is InChI=1S/4C4H10N.Mo/c4*1-3-5-4-2;/h4*3-4H2,1-2H3;/q4*-1;+4. The van der Waals surface area contributed by atoms with E-state index < -0.39 is 17.1 Å². The van der Waals surface area contributed by atoms with Crippen LogP contribution in [0.4, 0.5) is 0 Å². The maximum absolute atomic E-state index is 2.82. The SMILES string of the molecule is CC[N](CC)[Mo]([N](CC)CC)([N](CC)CC)[N](CC)CC. The summed E-state index contributed by atoms with van der Waals surface area (Å²) in [5.74, 6) is 0. The summed E-state index contributed by atoms with van der Waals surface area (Å²) in [4.78, 5) is 0. The van der Waals surface area contributed by atoms with E-state index in [1.165, 1.54) is 0 Å². The van der Waals surface area contributed by atoms with Crippen LogP contribution in [0.5, 0.6) is 0 Å². The van der Waals surface area contributed by atoms with Gasteiger partial charge in [-0.15, -0.1) is 0 Å². The zero-order valence-electron chi connectivity index (χ0n) is 15.9. The number of rotatable bonds is 12. The fraction of sp³-hybridized carbons (Fsp3) is 1.00. The summed E-state index contributed by atoms with van der Waals surface area (Å²) in [5, 5.41) is 0. The first kappa shape index (κ1) is 21.5. The molecule has 5 heteroatoms. The van der Waals surface area contributed by atoms with Crippen molar-refractivity contribution < 1.29 is 17.1 Å². The van der Waals surface area contributed by atoms with E-state index >= 15 is 0 Å². The molecule has 0 aromatic heterocycles. The van der Waals surface area contributed by atoms with Crippen LogP contribution in [0.3, 0.4) is 0 Å². The van der Waals surface area contributed by atoms with Gasteiger partial charge in [0.25, 0.3) is 0 Å². The molecule has 4 nitrogen and oxygen atoms in total. The van der Waals surface area contributed by atoms with Gasteiger partial charge in [0.05, 0.1) is 0 Å².